The molecule has 0 bridgehead atoms. The molecule has 0 aromatic heterocycles. The summed E-state index contributed by atoms with van der Waals surface area (Å²) < 4.78 is 27.2. The van der Waals surface area contributed by atoms with E-state index in [1.54, 1.807) is 18.4 Å². The first kappa shape index (κ1) is 22.2. The minimum absolute atomic E-state index is 0.125. The van der Waals surface area contributed by atoms with Crippen LogP contribution in [0.4, 0.5) is 0 Å². The van der Waals surface area contributed by atoms with Crippen LogP contribution in [-0.2, 0) is 21.5 Å². The van der Waals surface area contributed by atoms with E-state index in [0.717, 1.165) is 45.3 Å². The lowest BCUT2D eigenvalue weighted by atomic mass is 9.93. The third-order valence-corrected chi connectivity index (χ3v) is 7.97. The lowest BCUT2D eigenvalue weighted by Crippen LogP contribution is -2.44. The Labute approximate surface area is 175 Å². The quantitative estimate of drug-likeness (QED) is 0.692. The fraction of sp³-hybridized carbons (Fsp3) is 0.667. The van der Waals surface area contributed by atoms with Crippen LogP contribution in [0.25, 0.3) is 0 Å². The van der Waals surface area contributed by atoms with E-state index in [-0.39, 0.29) is 11.9 Å². The molecule has 2 heterocycles. The number of benzene rings is 1. The van der Waals surface area contributed by atoms with Crippen LogP contribution < -0.4 is 5.32 Å². The van der Waals surface area contributed by atoms with Gasteiger partial charge in [0.15, 0.2) is 0 Å². The molecule has 162 valence electrons. The summed E-state index contributed by atoms with van der Waals surface area (Å²) in [6.45, 7) is 3.94. The summed E-state index contributed by atoms with van der Waals surface area (Å²) in [5.41, 5.74) is 1.31. The standard InChI is InChI=1S/C21H34N4O3S/c1-23(2)29(27,28)25-14-10-18(11-15-25)8-9-21(26)22-20-12-13-24(17-20)16-19-6-4-3-5-7-19/h3-7,18,20H,8-17H2,1-2H3,(H,22,26). The van der Waals surface area contributed by atoms with Gasteiger partial charge in [0.25, 0.3) is 10.2 Å². The minimum Gasteiger partial charge on any atom is -0.352 e. The van der Waals surface area contributed by atoms with Crippen LogP contribution in [0.2, 0.25) is 0 Å². The number of nitrogens with one attached hydrogen (secondary N) is 1. The Morgan fingerprint density at radius 3 is 2.45 bits per heavy atom. The first-order valence-electron chi connectivity index (χ1n) is 10.6. The van der Waals surface area contributed by atoms with Crippen molar-refractivity contribution in [1.29, 1.82) is 0 Å². The molecule has 0 saturated carbocycles. The van der Waals surface area contributed by atoms with E-state index in [9.17, 15) is 13.2 Å². The number of carbonyl (C=O) groups excluding carboxylic acids is 1. The molecule has 2 aliphatic heterocycles. The maximum Gasteiger partial charge on any atom is 0.281 e. The molecule has 7 nitrogen and oxygen atoms in total. The minimum atomic E-state index is -3.32. The second kappa shape index (κ2) is 10.0. The fourth-order valence-electron chi connectivity index (χ4n) is 4.23. The van der Waals surface area contributed by atoms with Gasteiger partial charge in [-0.3, -0.25) is 9.69 Å². The average Bonchev–Trinajstić information content (AvgIpc) is 3.14. The number of likely N-dealkylation sites (tertiary alicyclic amines) is 1. The van der Waals surface area contributed by atoms with E-state index in [4.69, 9.17) is 0 Å². The second-order valence-electron chi connectivity index (χ2n) is 8.45. The summed E-state index contributed by atoms with van der Waals surface area (Å²) >= 11 is 0. The van der Waals surface area contributed by atoms with Gasteiger partial charge in [-0.05, 0) is 37.2 Å². The van der Waals surface area contributed by atoms with Gasteiger partial charge in [-0.25, -0.2) is 0 Å². The number of amides is 1. The van der Waals surface area contributed by atoms with E-state index in [2.05, 4.69) is 34.5 Å². The monoisotopic (exact) mass is 422 g/mol. The van der Waals surface area contributed by atoms with Crippen molar-refractivity contribution >= 4 is 16.1 Å². The largest absolute Gasteiger partial charge is 0.352 e. The van der Waals surface area contributed by atoms with Crippen LogP contribution in [-0.4, -0.2) is 74.2 Å². The molecule has 1 aromatic carbocycles. The van der Waals surface area contributed by atoms with Crippen LogP contribution in [0.15, 0.2) is 30.3 Å². The Morgan fingerprint density at radius 2 is 1.79 bits per heavy atom. The molecule has 0 radical (unpaired) electrons. The van der Waals surface area contributed by atoms with Gasteiger partial charge in [0.1, 0.15) is 0 Å². The van der Waals surface area contributed by atoms with Crippen LogP contribution in [0.5, 0.6) is 0 Å². The van der Waals surface area contributed by atoms with E-state index < -0.39 is 10.2 Å². The number of nitrogens with zero attached hydrogens (tertiary/aromatic N) is 3. The molecule has 0 aliphatic carbocycles. The Bertz CT molecular complexity index is 761. The summed E-state index contributed by atoms with van der Waals surface area (Å²) in [6.07, 6.45) is 4.02. The van der Waals surface area contributed by atoms with Gasteiger partial charge in [0.2, 0.25) is 5.91 Å². The van der Waals surface area contributed by atoms with Crippen LogP contribution in [0.1, 0.15) is 37.7 Å². The first-order chi connectivity index (χ1) is 13.8. The average molecular weight is 423 g/mol. The maximum absolute atomic E-state index is 12.4. The third-order valence-electron chi connectivity index (χ3n) is 6.03. The summed E-state index contributed by atoms with van der Waals surface area (Å²) in [7, 11) is -0.185. The van der Waals surface area contributed by atoms with E-state index >= 15 is 0 Å². The second-order valence-corrected chi connectivity index (χ2v) is 10.6. The van der Waals surface area contributed by atoms with Crippen LogP contribution in [0.3, 0.4) is 0 Å². The van der Waals surface area contributed by atoms with Gasteiger partial charge in [0, 0.05) is 59.3 Å². The highest BCUT2D eigenvalue weighted by atomic mass is 32.2. The van der Waals surface area contributed by atoms with E-state index in [1.165, 1.54) is 9.87 Å². The summed E-state index contributed by atoms with van der Waals surface area (Å²) in [5, 5.41) is 3.19. The van der Waals surface area contributed by atoms with Gasteiger partial charge in [-0.2, -0.15) is 17.0 Å². The highest BCUT2D eigenvalue weighted by Gasteiger charge is 2.30. The van der Waals surface area contributed by atoms with Crippen LogP contribution >= 0.6 is 0 Å². The van der Waals surface area contributed by atoms with E-state index in [1.807, 2.05) is 6.07 Å². The number of rotatable bonds is 8. The van der Waals surface area contributed by atoms with Crippen molar-refractivity contribution in [2.75, 3.05) is 40.3 Å². The molecule has 2 saturated heterocycles. The SMILES string of the molecule is CN(C)S(=O)(=O)N1CCC(CCC(=O)NC2CCN(Cc3ccccc3)C2)CC1. The molecule has 1 unspecified atom stereocenters. The number of carbonyl (C=O) groups is 1. The molecule has 1 aromatic rings. The van der Waals surface area contributed by atoms with Crippen molar-refractivity contribution < 1.29 is 13.2 Å². The first-order valence-corrected chi connectivity index (χ1v) is 12.0. The van der Waals surface area contributed by atoms with E-state index in [0.29, 0.717) is 25.4 Å². The highest BCUT2D eigenvalue weighted by molar-refractivity contribution is 7.86. The lowest BCUT2D eigenvalue weighted by molar-refractivity contribution is -0.122. The van der Waals surface area contributed by atoms with Crippen molar-refractivity contribution in [2.24, 2.45) is 5.92 Å². The molecule has 1 amide bonds. The maximum atomic E-state index is 12.4. The highest BCUT2D eigenvalue weighted by Crippen LogP contribution is 2.24. The van der Waals surface area contributed by atoms with Crippen molar-refractivity contribution in [1.82, 2.24) is 18.8 Å². The Kier molecular flexibility index (Phi) is 7.67. The van der Waals surface area contributed by atoms with Crippen molar-refractivity contribution in [2.45, 2.75) is 44.7 Å². The van der Waals surface area contributed by atoms with Crippen molar-refractivity contribution in [3.8, 4) is 0 Å². The molecule has 1 atom stereocenters. The van der Waals surface area contributed by atoms with Gasteiger partial charge in [-0.15, -0.1) is 0 Å². The zero-order chi connectivity index (χ0) is 20.9. The van der Waals surface area contributed by atoms with Crippen molar-refractivity contribution in [3.05, 3.63) is 35.9 Å². The van der Waals surface area contributed by atoms with Gasteiger partial charge in [-0.1, -0.05) is 30.3 Å². The molecule has 3 rings (SSSR count). The van der Waals surface area contributed by atoms with Crippen molar-refractivity contribution in [3.63, 3.8) is 0 Å². The predicted molar refractivity (Wildman–Crippen MR) is 114 cm³/mol. The molecule has 0 spiro atoms. The molecule has 29 heavy (non-hydrogen) atoms. The number of hydrogen-bond acceptors (Lipinski definition) is 4. The molecule has 1 N–H and O–H groups in total. The Morgan fingerprint density at radius 1 is 1.10 bits per heavy atom. The molecular weight excluding hydrogens is 388 g/mol. The summed E-state index contributed by atoms with van der Waals surface area (Å²) in [5.74, 6) is 0.549. The molecule has 8 heteroatoms. The Hall–Kier alpha value is -1.48. The topological polar surface area (TPSA) is 73.0 Å². The predicted octanol–water partition coefficient (Wildman–Crippen LogP) is 1.68. The normalized spacial score (nSPS) is 22.2. The van der Waals surface area contributed by atoms with Gasteiger partial charge in [0.05, 0.1) is 0 Å². The van der Waals surface area contributed by atoms with Gasteiger partial charge < -0.3 is 5.32 Å². The van der Waals surface area contributed by atoms with Crippen LogP contribution in [0, 0.1) is 5.92 Å². The third kappa shape index (κ3) is 6.25. The summed E-state index contributed by atoms with van der Waals surface area (Å²) in [6, 6.07) is 10.7. The molecular formula is C21H34N4O3S. The zero-order valence-corrected chi connectivity index (χ0v) is 18.4. The number of piperidine rings is 1. The lowest BCUT2D eigenvalue weighted by Gasteiger charge is -2.32. The molecule has 2 fully saturated rings. The van der Waals surface area contributed by atoms with Gasteiger partial charge >= 0.3 is 0 Å². The smallest absolute Gasteiger partial charge is 0.281 e. The molecule has 2 aliphatic rings. The number of hydrogen-bond donors (Lipinski definition) is 1. The Balaban J connectivity index is 1.34. The summed E-state index contributed by atoms with van der Waals surface area (Å²) in [4.78, 5) is 14.8. The fourth-order valence-corrected chi connectivity index (χ4v) is 5.36. The zero-order valence-electron chi connectivity index (χ0n) is 17.6.